The number of fused-ring (bicyclic) bond motifs is 1. The lowest BCUT2D eigenvalue weighted by Gasteiger charge is -2.28. The van der Waals surface area contributed by atoms with Gasteiger partial charge in [0.2, 0.25) is 0 Å². The molecule has 1 aromatic heterocycles. The van der Waals surface area contributed by atoms with Crippen LogP contribution in [0.25, 0.3) is 5.76 Å². The van der Waals surface area contributed by atoms with Gasteiger partial charge in [0.1, 0.15) is 5.57 Å². The van der Waals surface area contributed by atoms with E-state index in [1.807, 2.05) is 12.1 Å². The first-order valence-corrected chi connectivity index (χ1v) is 8.38. The normalized spacial score (nSPS) is 20.0. The van der Waals surface area contributed by atoms with Crippen LogP contribution in [0, 0.1) is 0 Å². The van der Waals surface area contributed by atoms with E-state index in [-0.39, 0.29) is 23.5 Å². The maximum absolute atomic E-state index is 12.3. The zero-order valence-electron chi connectivity index (χ0n) is 13.5. The number of carbonyl (C=O) groups excluding carboxylic acids is 2. The lowest BCUT2D eigenvalue weighted by Crippen LogP contribution is -2.20. The van der Waals surface area contributed by atoms with E-state index in [4.69, 9.17) is 4.74 Å². The molecule has 1 aliphatic carbocycles. The molecule has 3 rings (SSSR count). The van der Waals surface area contributed by atoms with Crippen molar-refractivity contribution >= 4 is 17.5 Å². The minimum absolute atomic E-state index is 0.214. The number of hydrogen-bond donors (Lipinski definition) is 1. The molecule has 1 N–H and O–H groups in total. The van der Waals surface area contributed by atoms with Gasteiger partial charge in [-0.1, -0.05) is 12.8 Å². The highest BCUT2D eigenvalue weighted by Gasteiger charge is 2.29. The van der Waals surface area contributed by atoms with Crippen LogP contribution < -0.4 is 0 Å². The number of Topliss-reactive ketones (excluding diaryl/α,β-unsaturated/α-hetero) is 1. The van der Waals surface area contributed by atoms with Crippen molar-refractivity contribution in [2.75, 3.05) is 7.11 Å². The van der Waals surface area contributed by atoms with Crippen molar-refractivity contribution in [1.82, 2.24) is 4.57 Å². The fraction of sp³-hybridized carbons (Fsp3) is 0.556. The molecule has 0 radical (unpaired) electrons. The van der Waals surface area contributed by atoms with Gasteiger partial charge in [-0.2, -0.15) is 0 Å². The van der Waals surface area contributed by atoms with Crippen LogP contribution in [0.5, 0.6) is 0 Å². The first kappa shape index (κ1) is 15.8. The molecule has 1 saturated carbocycles. The second-order valence-electron chi connectivity index (χ2n) is 6.37. The highest BCUT2D eigenvalue weighted by atomic mass is 16.5. The SMILES string of the molecule is COC(=O)C1=C(O)c2ccc(C3CCC3)n2CCCCCC1=O. The Kier molecular flexibility index (Phi) is 4.55. The van der Waals surface area contributed by atoms with E-state index in [9.17, 15) is 14.7 Å². The number of nitrogens with zero attached hydrogens (tertiary/aromatic N) is 1. The Bertz CT molecular complexity index is 652. The van der Waals surface area contributed by atoms with Crippen LogP contribution in [0.15, 0.2) is 17.7 Å². The number of aliphatic hydroxyl groups is 1. The van der Waals surface area contributed by atoms with Crippen LogP contribution in [-0.2, 0) is 20.9 Å². The Hall–Kier alpha value is -2.04. The zero-order valence-corrected chi connectivity index (χ0v) is 13.5. The summed E-state index contributed by atoms with van der Waals surface area (Å²) >= 11 is 0. The summed E-state index contributed by atoms with van der Waals surface area (Å²) in [6, 6.07) is 3.84. The summed E-state index contributed by atoms with van der Waals surface area (Å²) in [4.78, 5) is 24.3. The molecular weight excluding hydrogens is 294 g/mol. The minimum atomic E-state index is -0.758. The van der Waals surface area contributed by atoms with Crippen LogP contribution in [-0.4, -0.2) is 28.5 Å². The van der Waals surface area contributed by atoms with Crippen LogP contribution in [0.1, 0.15) is 62.3 Å². The summed E-state index contributed by atoms with van der Waals surface area (Å²) < 4.78 is 6.80. The fourth-order valence-corrected chi connectivity index (χ4v) is 3.43. The second kappa shape index (κ2) is 6.60. The van der Waals surface area contributed by atoms with Crippen molar-refractivity contribution in [3.63, 3.8) is 0 Å². The summed E-state index contributed by atoms with van der Waals surface area (Å²) in [7, 11) is 1.23. The fourth-order valence-electron chi connectivity index (χ4n) is 3.43. The molecule has 5 nitrogen and oxygen atoms in total. The molecule has 0 bridgehead atoms. The highest BCUT2D eigenvalue weighted by molar-refractivity contribution is 6.21. The van der Waals surface area contributed by atoms with Gasteiger partial charge in [0.15, 0.2) is 11.5 Å². The first-order valence-electron chi connectivity index (χ1n) is 8.38. The maximum atomic E-state index is 12.3. The lowest BCUT2D eigenvalue weighted by molar-refractivity contribution is -0.137. The summed E-state index contributed by atoms with van der Waals surface area (Å²) in [6.45, 7) is 0.806. The maximum Gasteiger partial charge on any atom is 0.345 e. The van der Waals surface area contributed by atoms with Crippen molar-refractivity contribution in [2.45, 2.75) is 57.4 Å². The van der Waals surface area contributed by atoms with Gasteiger partial charge in [-0.05, 0) is 43.7 Å². The van der Waals surface area contributed by atoms with Crippen LogP contribution in [0.4, 0.5) is 0 Å². The average Bonchev–Trinajstić information content (AvgIpc) is 2.88. The minimum Gasteiger partial charge on any atom is -0.505 e. The summed E-state index contributed by atoms with van der Waals surface area (Å²) in [5, 5.41) is 10.6. The molecular formula is C18H23NO4. The van der Waals surface area contributed by atoms with Gasteiger partial charge in [-0.25, -0.2) is 4.79 Å². The van der Waals surface area contributed by atoms with Crippen LogP contribution >= 0.6 is 0 Å². The Morgan fingerprint density at radius 1 is 1.22 bits per heavy atom. The average molecular weight is 317 g/mol. The predicted octanol–water partition coefficient (Wildman–Crippen LogP) is 3.34. The van der Waals surface area contributed by atoms with E-state index in [1.54, 1.807) is 0 Å². The number of ether oxygens (including phenoxy) is 1. The molecule has 0 unspecified atom stereocenters. The van der Waals surface area contributed by atoms with Crippen molar-refractivity contribution < 1.29 is 19.4 Å². The van der Waals surface area contributed by atoms with Gasteiger partial charge < -0.3 is 14.4 Å². The Labute approximate surface area is 135 Å². The summed E-state index contributed by atoms with van der Waals surface area (Å²) in [6.07, 6.45) is 6.46. The van der Waals surface area contributed by atoms with E-state index in [1.165, 1.54) is 19.2 Å². The Morgan fingerprint density at radius 3 is 2.65 bits per heavy atom. The topological polar surface area (TPSA) is 68.5 Å². The molecule has 0 spiro atoms. The number of aliphatic hydroxyl groups excluding tert-OH is 1. The van der Waals surface area contributed by atoms with Crippen molar-refractivity contribution in [3.05, 3.63) is 29.1 Å². The highest BCUT2D eigenvalue weighted by Crippen LogP contribution is 2.38. The van der Waals surface area contributed by atoms with E-state index < -0.39 is 5.97 Å². The quantitative estimate of drug-likeness (QED) is 0.671. The largest absolute Gasteiger partial charge is 0.505 e. The molecule has 124 valence electrons. The third-order valence-corrected chi connectivity index (χ3v) is 4.97. The van der Waals surface area contributed by atoms with Crippen molar-refractivity contribution in [1.29, 1.82) is 0 Å². The van der Waals surface area contributed by atoms with Crippen LogP contribution in [0.3, 0.4) is 0 Å². The van der Waals surface area contributed by atoms with Gasteiger partial charge in [-0.3, -0.25) is 4.79 Å². The smallest absolute Gasteiger partial charge is 0.345 e. The molecule has 2 heterocycles. The van der Waals surface area contributed by atoms with E-state index >= 15 is 0 Å². The molecule has 1 fully saturated rings. The zero-order chi connectivity index (χ0) is 16.4. The second-order valence-corrected chi connectivity index (χ2v) is 6.37. The number of aromatic nitrogens is 1. The van der Waals surface area contributed by atoms with E-state index in [2.05, 4.69) is 4.57 Å². The molecule has 0 aromatic carbocycles. The monoisotopic (exact) mass is 317 g/mol. The number of esters is 1. The van der Waals surface area contributed by atoms with E-state index in [0.717, 1.165) is 38.6 Å². The van der Waals surface area contributed by atoms with E-state index in [0.29, 0.717) is 11.6 Å². The standard InChI is InChI=1S/C18H23NO4/c1-23-18(22)16-15(20)8-3-2-4-11-19-13(12-6-5-7-12)9-10-14(19)17(16)21/h9-10,12,21H,2-8,11H2,1H3. The molecule has 23 heavy (non-hydrogen) atoms. The molecule has 0 atom stereocenters. The lowest BCUT2D eigenvalue weighted by atomic mass is 9.83. The van der Waals surface area contributed by atoms with Gasteiger partial charge in [0.05, 0.1) is 12.8 Å². The number of carbonyl (C=O) groups is 2. The molecule has 1 aliphatic heterocycles. The number of hydrogen-bond acceptors (Lipinski definition) is 4. The summed E-state index contributed by atoms with van der Waals surface area (Å²) in [5.41, 5.74) is 1.55. The van der Waals surface area contributed by atoms with Crippen molar-refractivity contribution in [3.8, 4) is 0 Å². The molecule has 5 heteroatoms. The first-order chi connectivity index (χ1) is 11.1. The van der Waals surface area contributed by atoms with Gasteiger partial charge in [0.25, 0.3) is 0 Å². The molecule has 0 amide bonds. The van der Waals surface area contributed by atoms with Crippen LogP contribution in [0.2, 0.25) is 0 Å². The Balaban J connectivity index is 2.10. The third kappa shape index (κ3) is 2.92. The van der Waals surface area contributed by atoms with Gasteiger partial charge >= 0.3 is 5.97 Å². The number of methoxy groups -OCH3 is 1. The van der Waals surface area contributed by atoms with Gasteiger partial charge in [-0.15, -0.1) is 0 Å². The third-order valence-electron chi connectivity index (χ3n) is 4.97. The predicted molar refractivity (Wildman–Crippen MR) is 86.1 cm³/mol. The molecule has 1 aromatic rings. The van der Waals surface area contributed by atoms with Gasteiger partial charge in [0, 0.05) is 18.7 Å². The number of ketones is 1. The van der Waals surface area contributed by atoms with Crippen molar-refractivity contribution in [2.24, 2.45) is 0 Å². The number of rotatable bonds is 2. The molecule has 2 aliphatic rings. The Morgan fingerprint density at radius 2 is 2.00 bits per heavy atom. The summed E-state index contributed by atoms with van der Waals surface area (Å²) in [5.74, 6) is -0.814. The molecule has 0 saturated heterocycles.